The van der Waals surface area contributed by atoms with Crippen molar-refractivity contribution < 1.29 is 9.53 Å². The molecule has 0 fully saturated rings. The van der Waals surface area contributed by atoms with E-state index in [2.05, 4.69) is 29.3 Å². The topological polar surface area (TPSA) is 94.0 Å². The molecule has 1 aliphatic heterocycles. The van der Waals surface area contributed by atoms with E-state index >= 15 is 0 Å². The number of imidazole rings is 1. The minimum atomic E-state index is -0.00587. The molecule has 4 aromatic rings. The molecule has 0 saturated carbocycles. The second kappa shape index (κ2) is 9.49. The van der Waals surface area contributed by atoms with Gasteiger partial charge in [0.15, 0.2) is 0 Å². The molecule has 5 rings (SSSR count). The minimum Gasteiger partial charge on any atom is -0.497 e. The van der Waals surface area contributed by atoms with Gasteiger partial charge in [-0.2, -0.15) is 5.10 Å². The number of nitrogens with zero attached hydrogens (tertiary/aromatic N) is 6. The van der Waals surface area contributed by atoms with Crippen molar-refractivity contribution in [2.45, 2.75) is 39.9 Å². The van der Waals surface area contributed by atoms with Crippen molar-refractivity contribution in [3.05, 3.63) is 82.7 Å². The van der Waals surface area contributed by atoms with Gasteiger partial charge in [0.05, 0.1) is 31.6 Å². The molecule has 0 atom stereocenters. The van der Waals surface area contributed by atoms with Gasteiger partial charge in [0.25, 0.3) is 5.91 Å². The van der Waals surface area contributed by atoms with E-state index in [1.807, 2.05) is 52.6 Å². The maximum atomic E-state index is 13.8. The number of aryl methyl sites for hydroxylation is 3. The van der Waals surface area contributed by atoms with Gasteiger partial charge in [-0.15, -0.1) is 0 Å². The lowest BCUT2D eigenvalue weighted by molar-refractivity contribution is 0.0725. The lowest BCUT2D eigenvalue weighted by atomic mass is 9.88. The summed E-state index contributed by atoms with van der Waals surface area (Å²) in [4.78, 5) is 20.1. The predicted octanol–water partition coefficient (Wildman–Crippen LogP) is 3.15. The van der Waals surface area contributed by atoms with Crippen LogP contribution in [0.4, 0.5) is 0 Å². The fourth-order valence-electron chi connectivity index (χ4n) is 4.85. The van der Waals surface area contributed by atoms with E-state index in [4.69, 9.17) is 10.1 Å². The van der Waals surface area contributed by atoms with Crippen LogP contribution in [0.25, 0.3) is 11.1 Å². The molecule has 9 nitrogen and oxygen atoms in total. The summed E-state index contributed by atoms with van der Waals surface area (Å²) < 4.78 is 10.9. The van der Waals surface area contributed by atoms with Crippen LogP contribution in [0.1, 0.15) is 39.8 Å². The van der Waals surface area contributed by atoms with E-state index in [1.165, 1.54) is 0 Å². The Balaban J connectivity index is 1.57. The molecule has 9 heteroatoms. The second-order valence-corrected chi connectivity index (χ2v) is 9.18. The molecule has 186 valence electrons. The van der Waals surface area contributed by atoms with Gasteiger partial charge in [0.2, 0.25) is 5.62 Å². The van der Waals surface area contributed by atoms with Crippen molar-refractivity contribution in [3.8, 4) is 16.9 Å². The van der Waals surface area contributed by atoms with Gasteiger partial charge in [0, 0.05) is 62.1 Å². The Morgan fingerprint density at radius 2 is 1.92 bits per heavy atom. The zero-order valence-electron chi connectivity index (χ0n) is 21.2. The van der Waals surface area contributed by atoms with Crippen molar-refractivity contribution in [1.29, 1.82) is 5.41 Å². The van der Waals surface area contributed by atoms with Crippen LogP contribution in [-0.2, 0) is 33.1 Å². The van der Waals surface area contributed by atoms with Crippen LogP contribution >= 0.6 is 0 Å². The normalized spacial score (nSPS) is 13.2. The molecule has 1 amide bonds. The van der Waals surface area contributed by atoms with Crippen LogP contribution < -0.4 is 10.4 Å². The average Bonchev–Trinajstić information content (AvgIpc) is 3.42. The zero-order chi connectivity index (χ0) is 25.4. The maximum absolute atomic E-state index is 13.8. The van der Waals surface area contributed by atoms with E-state index in [0.29, 0.717) is 30.8 Å². The molecule has 1 aliphatic rings. The number of hydrogen-bond acceptors (Lipinski definition) is 5. The Morgan fingerprint density at radius 1 is 1.11 bits per heavy atom. The summed E-state index contributed by atoms with van der Waals surface area (Å²) in [5.41, 5.74) is 6.99. The Labute approximate surface area is 210 Å². The Kier molecular flexibility index (Phi) is 6.22. The molecule has 0 saturated heterocycles. The maximum Gasteiger partial charge on any atom is 0.254 e. The Morgan fingerprint density at radius 3 is 2.61 bits per heavy atom. The van der Waals surface area contributed by atoms with Crippen LogP contribution in [0.2, 0.25) is 0 Å². The molecule has 1 aromatic carbocycles. The van der Waals surface area contributed by atoms with Crippen LogP contribution in [0.3, 0.4) is 0 Å². The van der Waals surface area contributed by atoms with Gasteiger partial charge >= 0.3 is 0 Å². The molecule has 0 aliphatic carbocycles. The highest BCUT2D eigenvalue weighted by atomic mass is 16.5. The first-order valence-corrected chi connectivity index (χ1v) is 12.1. The molecule has 1 N–H and O–H groups in total. The van der Waals surface area contributed by atoms with E-state index in [-0.39, 0.29) is 5.91 Å². The lowest BCUT2D eigenvalue weighted by Gasteiger charge is -2.30. The first-order chi connectivity index (χ1) is 17.4. The first-order valence-electron chi connectivity index (χ1n) is 12.1. The summed E-state index contributed by atoms with van der Waals surface area (Å²) in [6.07, 6.45) is 8.28. The highest BCUT2D eigenvalue weighted by Crippen LogP contribution is 2.34. The SMILES string of the molecule is CCn1cc(-c2cc(Cn3ccn(C)c3=N)cc3c2CCN(Cc2cc(OC)ccn2)C3=O)c(C)n1. The Hall–Kier alpha value is -4.14. The highest BCUT2D eigenvalue weighted by molar-refractivity contribution is 5.99. The number of pyridine rings is 1. The number of amides is 1. The number of carbonyl (C=O) groups is 1. The molecule has 36 heavy (non-hydrogen) atoms. The van der Waals surface area contributed by atoms with E-state index in [0.717, 1.165) is 52.4 Å². The molecule has 4 heterocycles. The monoisotopic (exact) mass is 485 g/mol. The third-order valence-electron chi connectivity index (χ3n) is 6.83. The Bertz CT molecular complexity index is 1490. The van der Waals surface area contributed by atoms with Crippen molar-refractivity contribution >= 4 is 5.91 Å². The second-order valence-electron chi connectivity index (χ2n) is 9.18. The van der Waals surface area contributed by atoms with Gasteiger partial charge in [-0.25, -0.2) is 0 Å². The average molecular weight is 486 g/mol. The van der Waals surface area contributed by atoms with E-state index in [9.17, 15) is 4.79 Å². The molecule has 0 spiro atoms. The number of rotatable bonds is 7. The largest absolute Gasteiger partial charge is 0.497 e. The number of fused-ring (bicyclic) bond motifs is 1. The number of hydrogen-bond donors (Lipinski definition) is 1. The van der Waals surface area contributed by atoms with Crippen LogP contribution in [-0.4, -0.2) is 48.4 Å². The first kappa shape index (κ1) is 23.6. The minimum absolute atomic E-state index is 0.00587. The summed E-state index contributed by atoms with van der Waals surface area (Å²) >= 11 is 0. The summed E-state index contributed by atoms with van der Waals surface area (Å²) in [7, 11) is 3.48. The predicted molar refractivity (Wildman–Crippen MR) is 136 cm³/mol. The molecule has 0 unspecified atom stereocenters. The quantitative estimate of drug-likeness (QED) is 0.435. The van der Waals surface area contributed by atoms with Crippen molar-refractivity contribution in [2.24, 2.45) is 7.05 Å². The van der Waals surface area contributed by atoms with Crippen molar-refractivity contribution in [3.63, 3.8) is 0 Å². The summed E-state index contributed by atoms with van der Waals surface area (Å²) in [6.45, 7) is 6.41. The fourth-order valence-corrected chi connectivity index (χ4v) is 4.85. The summed E-state index contributed by atoms with van der Waals surface area (Å²) in [5.74, 6) is 0.720. The lowest BCUT2D eigenvalue weighted by Crippen LogP contribution is -2.37. The highest BCUT2D eigenvalue weighted by Gasteiger charge is 2.28. The number of nitrogens with one attached hydrogen (secondary N) is 1. The fraction of sp³-hybridized carbons (Fsp3) is 0.333. The molecular weight excluding hydrogens is 454 g/mol. The standard InChI is InChI=1S/C27H31N7O2/c1-5-34-17-25(18(2)30-34)23-12-19(15-33-11-10-31(3)27(33)28)13-24-22(23)7-9-32(26(24)35)16-20-14-21(36-4)6-8-29-20/h6,8,10-14,17,28H,5,7,9,15-16H2,1-4H3. The van der Waals surface area contributed by atoms with Gasteiger partial charge in [0.1, 0.15) is 5.75 Å². The van der Waals surface area contributed by atoms with E-state index in [1.54, 1.807) is 23.9 Å². The molecular formula is C27H31N7O2. The van der Waals surface area contributed by atoms with Gasteiger partial charge in [-0.3, -0.25) is 19.9 Å². The van der Waals surface area contributed by atoms with Gasteiger partial charge in [-0.05, 0) is 55.2 Å². The van der Waals surface area contributed by atoms with Crippen LogP contribution in [0, 0.1) is 12.3 Å². The van der Waals surface area contributed by atoms with Crippen molar-refractivity contribution in [1.82, 2.24) is 28.8 Å². The summed E-state index contributed by atoms with van der Waals surface area (Å²) in [6, 6.07) is 7.82. The number of benzene rings is 1. The van der Waals surface area contributed by atoms with Gasteiger partial charge < -0.3 is 18.8 Å². The van der Waals surface area contributed by atoms with Crippen LogP contribution in [0.15, 0.2) is 49.1 Å². The van der Waals surface area contributed by atoms with Crippen molar-refractivity contribution in [2.75, 3.05) is 13.7 Å². The number of methoxy groups -OCH3 is 1. The molecule has 0 radical (unpaired) electrons. The number of ether oxygens (including phenoxy) is 1. The van der Waals surface area contributed by atoms with Gasteiger partial charge in [-0.1, -0.05) is 0 Å². The number of aromatic nitrogens is 5. The smallest absolute Gasteiger partial charge is 0.254 e. The third-order valence-corrected chi connectivity index (χ3v) is 6.83. The van der Waals surface area contributed by atoms with E-state index < -0.39 is 0 Å². The third kappa shape index (κ3) is 4.32. The summed E-state index contributed by atoms with van der Waals surface area (Å²) in [5, 5.41) is 13.0. The molecule has 0 bridgehead atoms. The number of carbonyl (C=O) groups excluding carboxylic acids is 1. The van der Waals surface area contributed by atoms with Crippen LogP contribution in [0.5, 0.6) is 5.75 Å². The zero-order valence-corrected chi connectivity index (χ0v) is 21.2. The molecule has 3 aromatic heterocycles.